The fraction of sp³-hybridized carbons (Fsp3) is 0.292. The molecule has 0 radical (unpaired) electrons. The van der Waals surface area contributed by atoms with Crippen LogP contribution in [0.3, 0.4) is 0 Å². The number of allylic oxidation sites excluding steroid dienone is 5. The molecule has 0 spiro atoms. The van der Waals surface area contributed by atoms with Crippen LogP contribution in [0, 0.1) is 5.41 Å². The quantitative estimate of drug-likeness (QED) is 0.370. The molecule has 1 unspecified atom stereocenters. The van der Waals surface area contributed by atoms with Crippen LogP contribution in [-0.2, 0) is 6.42 Å². The standard InChI is InChI=1S/C24H29N/c1-4-5-16-24(3,17-9-13-22-11-7-6-8-12-22)18-15-21(2)23-14-10-19-25-20-23/h4-8,10-12,14-15,18-20H,2,9,13,16-17H2,1,3H3/b5-4-,18-15-. The first-order valence-corrected chi connectivity index (χ1v) is 9.06. The van der Waals surface area contributed by atoms with Crippen LogP contribution in [0.25, 0.3) is 5.57 Å². The van der Waals surface area contributed by atoms with E-state index in [9.17, 15) is 0 Å². The van der Waals surface area contributed by atoms with Gasteiger partial charge in [0, 0.05) is 12.4 Å². The van der Waals surface area contributed by atoms with Gasteiger partial charge in [-0.15, -0.1) is 0 Å². The SMILES string of the molecule is C=C(/C=C\C(C)(C/C=C\C)CCCc1ccccc1)c1cccnc1. The maximum absolute atomic E-state index is 4.19. The Kier molecular flexibility index (Phi) is 7.40. The first-order chi connectivity index (χ1) is 12.1. The number of benzene rings is 1. The predicted octanol–water partition coefficient (Wildman–Crippen LogP) is 6.65. The van der Waals surface area contributed by atoms with E-state index in [-0.39, 0.29) is 5.41 Å². The average Bonchev–Trinajstić information content (AvgIpc) is 2.66. The smallest absolute Gasteiger partial charge is 0.0346 e. The number of hydrogen-bond acceptors (Lipinski definition) is 1. The molecule has 0 aliphatic carbocycles. The summed E-state index contributed by atoms with van der Waals surface area (Å²) in [6.45, 7) is 8.62. The van der Waals surface area contributed by atoms with Crippen molar-refractivity contribution in [1.82, 2.24) is 4.98 Å². The van der Waals surface area contributed by atoms with Crippen molar-refractivity contribution in [3.63, 3.8) is 0 Å². The van der Waals surface area contributed by atoms with Crippen molar-refractivity contribution in [2.45, 2.75) is 39.5 Å². The molecule has 25 heavy (non-hydrogen) atoms. The Balaban J connectivity index is 2.00. The molecule has 0 amide bonds. The topological polar surface area (TPSA) is 12.9 Å². The third-order valence-electron chi connectivity index (χ3n) is 4.60. The van der Waals surface area contributed by atoms with Crippen LogP contribution >= 0.6 is 0 Å². The summed E-state index contributed by atoms with van der Waals surface area (Å²) in [5.41, 5.74) is 3.66. The van der Waals surface area contributed by atoms with Crippen molar-refractivity contribution in [1.29, 1.82) is 0 Å². The molecule has 2 rings (SSSR count). The summed E-state index contributed by atoms with van der Waals surface area (Å²) >= 11 is 0. The molecule has 2 aromatic rings. The Morgan fingerprint density at radius 3 is 2.64 bits per heavy atom. The highest BCUT2D eigenvalue weighted by atomic mass is 14.6. The lowest BCUT2D eigenvalue weighted by atomic mass is 9.80. The van der Waals surface area contributed by atoms with Gasteiger partial charge in [0.2, 0.25) is 0 Å². The van der Waals surface area contributed by atoms with Crippen molar-refractivity contribution in [2.75, 3.05) is 0 Å². The third kappa shape index (κ3) is 6.54. The van der Waals surface area contributed by atoms with E-state index < -0.39 is 0 Å². The zero-order valence-electron chi connectivity index (χ0n) is 15.5. The number of rotatable bonds is 9. The Morgan fingerprint density at radius 1 is 1.16 bits per heavy atom. The van der Waals surface area contributed by atoms with Crippen LogP contribution in [0.4, 0.5) is 0 Å². The highest BCUT2D eigenvalue weighted by Crippen LogP contribution is 2.32. The van der Waals surface area contributed by atoms with Gasteiger partial charge in [-0.1, -0.05) is 74.2 Å². The van der Waals surface area contributed by atoms with Gasteiger partial charge in [-0.25, -0.2) is 0 Å². The van der Waals surface area contributed by atoms with Gasteiger partial charge in [-0.2, -0.15) is 0 Å². The lowest BCUT2D eigenvalue weighted by Crippen LogP contribution is -2.12. The highest BCUT2D eigenvalue weighted by molar-refractivity contribution is 5.71. The number of aromatic nitrogens is 1. The zero-order valence-corrected chi connectivity index (χ0v) is 15.5. The van der Waals surface area contributed by atoms with Crippen LogP contribution in [0.5, 0.6) is 0 Å². The molecular weight excluding hydrogens is 302 g/mol. The van der Waals surface area contributed by atoms with E-state index in [0.29, 0.717) is 0 Å². The van der Waals surface area contributed by atoms with Crippen molar-refractivity contribution >= 4 is 5.57 Å². The minimum absolute atomic E-state index is 0.145. The minimum atomic E-state index is 0.145. The second kappa shape index (κ2) is 9.78. The predicted molar refractivity (Wildman–Crippen MR) is 109 cm³/mol. The van der Waals surface area contributed by atoms with Crippen LogP contribution in [0.15, 0.2) is 85.7 Å². The summed E-state index contributed by atoms with van der Waals surface area (Å²) in [7, 11) is 0. The van der Waals surface area contributed by atoms with Gasteiger partial charge in [-0.05, 0) is 60.8 Å². The van der Waals surface area contributed by atoms with Gasteiger partial charge in [-0.3, -0.25) is 4.98 Å². The summed E-state index contributed by atoms with van der Waals surface area (Å²) in [6, 6.07) is 14.7. The lowest BCUT2D eigenvalue weighted by Gasteiger charge is -2.25. The molecule has 0 saturated heterocycles. The maximum Gasteiger partial charge on any atom is 0.0346 e. The van der Waals surface area contributed by atoms with Crippen LogP contribution in [0.2, 0.25) is 0 Å². The summed E-state index contributed by atoms with van der Waals surface area (Å²) < 4.78 is 0. The molecule has 1 heterocycles. The van der Waals surface area contributed by atoms with Crippen molar-refractivity contribution in [3.8, 4) is 0 Å². The summed E-state index contributed by atoms with van der Waals surface area (Å²) in [6.07, 6.45) is 17.1. The molecule has 130 valence electrons. The number of pyridine rings is 1. The molecule has 1 aromatic heterocycles. The van der Waals surface area contributed by atoms with Crippen molar-refractivity contribution in [3.05, 3.63) is 96.9 Å². The first-order valence-electron chi connectivity index (χ1n) is 9.06. The van der Waals surface area contributed by atoms with E-state index in [4.69, 9.17) is 0 Å². The van der Waals surface area contributed by atoms with E-state index in [1.165, 1.54) is 12.0 Å². The zero-order chi connectivity index (χ0) is 18.0. The minimum Gasteiger partial charge on any atom is -0.264 e. The molecule has 1 atom stereocenters. The van der Waals surface area contributed by atoms with Crippen molar-refractivity contribution in [2.24, 2.45) is 5.41 Å². The van der Waals surface area contributed by atoms with Crippen LogP contribution < -0.4 is 0 Å². The van der Waals surface area contributed by atoms with Gasteiger partial charge in [0.1, 0.15) is 0 Å². The first kappa shape index (κ1) is 18.9. The Labute approximate surface area is 152 Å². The van der Waals surface area contributed by atoms with Crippen LogP contribution in [-0.4, -0.2) is 4.98 Å². The molecule has 0 N–H and O–H groups in total. The second-order valence-corrected chi connectivity index (χ2v) is 6.87. The van der Waals surface area contributed by atoms with Gasteiger partial charge >= 0.3 is 0 Å². The molecular formula is C24H29N. The highest BCUT2D eigenvalue weighted by Gasteiger charge is 2.19. The van der Waals surface area contributed by atoms with Crippen LogP contribution in [0.1, 0.15) is 44.2 Å². The molecule has 1 heteroatoms. The molecule has 0 fully saturated rings. The molecule has 0 aliphatic heterocycles. The summed E-state index contributed by atoms with van der Waals surface area (Å²) in [4.78, 5) is 4.18. The molecule has 0 aliphatic rings. The van der Waals surface area contributed by atoms with Crippen molar-refractivity contribution < 1.29 is 0 Å². The Hall–Kier alpha value is -2.41. The summed E-state index contributed by atoms with van der Waals surface area (Å²) in [5.74, 6) is 0. The molecule has 0 saturated carbocycles. The van der Waals surface area contributed by atoms with Gasteiger partial charge in [0.05, 0.1) is 0 Å². The van der Waals surface area contributed by atoms with Gasteiger partial charge < -0.3 is 0 Å². The van der Waals surface area contributed by atoms with E-state index >= 15 is 0 Å². The van der Waals surface area contributed by atoms with Gasteiger partial charge in [0.25, 0.3) is 0 Å². The Morgan fingerprint density at radius 2 is 1.96 bits per heavy atom. The Bertz CT molecular complexity index is 697. The molecule has 1 nitrogen and oxygen atoms in total. The fourth-order valence-corrected chi connectivity index (χ4v) is 2.93. The number of aryl methyl sites for hydroxylation is 1. The molecule has 1 aromatic carbocycles. The third-order valence-corrected chi connectivity index (χ3v) is 4.60. The average molecular weight is 332 g/mol. The van der Waals surface area contributed by atoms with Gasteiger partial charge in [0.15, 0.2) is 0 Å². The normalized spacial score (nSPS) is 14.0. The summed E-state index contributed by atoms with van der Waals surface area (Å²) in [5, 5.41) is 0. The maximum atomic E-state index is 4.19. The molecule has 0 bridgehead atoms. The second-order valence-electron chi connectivity index (χ2n) is 6.87. The van der Waals surface area contributed by atoms with E-state index in [2.05, 4.69) is 86.1 Å². The largest absolute Gasteiger partial charge is 0.264 e. The number of hydrogen-bond donors (Lipinski definition) is 0. The monoisotopic (exact) mass is 331 g/mol. The van der Waals surface area contributed by atoms with E-state index in [1.807, 2.05) is 12.3 Å². The lowest BCUT2D eigenvalue weighted by molar-refractivity contribution is 0.384. The number of nitrogens with zero attached hydrogens (tertiary/aromatic N) is 1. The van der Waals surface area contributed by atoms with E-state index in [1.54, 1.807) is 6.20 Å². The fourth-order valence-electron chi connectivity index (χ4n) is 2.93. The van der Waals surface area contributed by atoms with E-state index in [0.717, 1.165) is 30.4 Å².